The van der Waals surface area contributed by atoms with Crippen LogP contribution in [0.3, 0.4) is 0 Å². The van der Waals surface area contributed by atoms with Crippen LogP contribution in [0.4, 0.5) is 5.69 Å². The quantitative estimate of drug-likeness (QED) is 0.705. The van der Waals surface area contributed by atoms with E-state index in [9.17, 15) is 0 Å². The minimum Gasteiger partial charge on any atom is -0.371 e. The third-order valence-electron chi connectivity index (χ3n) is 4.04. The molecule has 0 unspecified atom stereocenters. The molecule has 1 aromatic rings. The maximum Gasteiger partial charge on any atom is 0.170 e. The van der Waals surface area contributed by atoms with Gasteiger partial charge in [0.05, 0.1) is 0 Å². The first-order chi connectivity index (χ1) is 7.92. The molecule has 2 nitrogen and oxygen atoms in total. The Morgan fingerprint density at radius 3 is 2.31 bits per heavy atom. The molecule has 1 aliphatic heterocycles. The van der Waals surface area contributed by atoms with Crippen LogP contribution in [0, 0.1) is 5.92 Å². The molecule has 0 bridgehead atoms. The second-order valence-corrected chi connectivity index (χ2v) is 5.24. The van der Waals surface area contributed by atoms with E-state index >= 15 is 0 Å². The molecule has 3 rings (SSSR count). The number of anilines is 1. The molecular weight excluding hydrogens is 196 g/mol. The summed E-state index contributed by atoms with van der Waals surface area (Å²) in [6.45, 7) is 3.71. The molecule has 16 heavy (non-hydrogen) atoms. The minimum atomic E-state index is 0.947. The predicted octanol–water partition coefficient (Wildman–Crippen LogP) is 2.37. The lowest BCUT2D eigenvalue weighted by Gasteiger charge is -2.22. The van der Waals surface area contributed by atoms with Gasteiger partial charge in [-0.3, -0.25) is 0 Å². The normalized spacial score (nSPS) is 21.1. The molecule has 0 aromatic carbocycles. The highest BCUT2D eigenvalue weighted by Crippen LogP contribution is 2.26. The SMILES string of the molecule is c1c[n+](CC2CCC2)ccc1N1CCCC1. The first-order valence-corrected chi connectivity index (χ1v) is 6.66. The number of pyridine rings is 1. The number of hydrogen-bond acceptors (Lipinski definition) is 1. The van der Waals surface area contributed by atoms with Crippen LogP contribution in [0.1, 0.15) is 32.1 Å². The number of aromatic nitrogens is 1. The van der Waals surface area contributed by atoms with E-state index in [1.807, 2.05) is 0 Å². The van der Waals surface area contributed by atoms with Crippen molar-refractivity contribution >= 4 is 5.69 Å². The minimum absolute atomic E-state index is 0.947. The molecule has 0 atom stereocenters. The molecule has 0 radical (unpaired) electrons. The molecule has 86 valence electrons. The molecule has 1 saturated heterocycles. The van der Waals surface area contributed by atoms with Gasteiger partial charge in [-0.25, -0.2) is 4.57 Å². The van der Waals surface area contributed by atoms with Crippen LogP contribution >= 0.6 is 0 Å². The summed E-state index contributed by atoms with van der Waals surface area (Å²) in [4.78, 5) is 2.49. The van der Waals surface area contributed by atoms with Crippen LogP contribution in [0.5, 0.6) is 0 Å². The molecular formula is C14H21N2+. The fourth-order valence-corrected chi connectivity index (χ4v) is 2.73. The molecule has 0 amide bonds. The van der Waals surface area contributed by atoms with E-state index < -0.39 is 0 Å². The first kappa shape index (κ1) is 10.1. The van der Waals surface area contributed by atoms with Crippen molar-refractivity contribution in [1.29, 1.82) is 0 Å². The van der Waals surface area contributed by atoms with Gasteiger partial charge in [-0.05, 0) is 25.7 Å². The lowest BCUT2D eigenvalue weighted by atomic mass is 9.85. The van der Waals surface area contributed by atoms with Crippen molar-refractivity contribution in [1.82, 2.24) is 0 Å². The Morgan fingerprint density at radius 2 is 1.75 bits per heavy atom. The summed E-state index contributed by atoms with van der Waals surface area (Å²) in [5.74, 6) is 0.947. The molecule has 0 spiro atoms. The average molecular weight is 217 g/mol. The largest absolute Gasteiger partial charge is 0.371 e. The Balaban J connectivity index is 1.64. The van der Waals surface area contributed by atoms with Crippen LogP contribution in [-0.4, -0.2) is 13.1 Å². The maximum absolute atomic E-state index is 2.49. The molecule has 0 N–H and O–H groups in total. The second kappa shape index (κ2) is 4.44. The first-order valence-electron chi connectivity index (χ1n) is 6.66. The Kier molecular flexibility index (Phi) is 2.81. The van der Waals surface area contributed by atoms with Crippen molar-refractivity contribution < 1.29 is 4.57 Å². The highest BCUT2D eigenvalue weighted by Gasteiger charge is 2.21. The standard InChI is InChI=1S/C14H21N2/c1-2-9-16(8-1)14-6-10-15(11-7-14)12-13-4-3-5-13/h6-7,10-11,13H,1-5,8-9,12H2/q+1. The third-order valence-corrected chi connectivity index (χ3v) is 4.04. The van der Waals surface area contributed by atoms with Crippen molar-refractivity contribution in [3.05, 3.63) is 24.5 Å². The highest BCUT2D eigenvalue weighted by molar-refractivity contribution is 5.44. The Labute approximate surface area is 97.9 Å². The van der Waals surface area contributed by atoms with Gasteiger partial charge in [0.1, 0.15) is 0 Å². The van der Waals surface area contributed by atoms with Crippen molar-refractivity contribution in [2.45, 2.75) is 38.6 Å². The smallest absolute Gasteiger partial charge is 0.170 e. The van der Waals surface area contributed by atoms with E-state index in [4.69, 9.17) is 0 Å². The molecule has 1 aliphatic carbocycles. The van der Waals surface area contributed by atoms with Gasteiger partial charge in [-0.2, -0.15) is 0 Å². The summed E-state index contributed by atoms with van der Waals surface area (Å²) in [6.07, 6.45) is 11.5. The molecule has 1 saturated carbocycles. The molecule has 1 aromatic heterocycles. The molecule has 2 heteroatoms. The Bertz CT molecular complexity index is 334. The van der Waals surface area contributed by atoms with Gasteiger partial charge < -0.3 is 4.90 Å². The summed E-state index contributed by atoms with van der Waals surface area (Å²) in [5, 5.41) is 0. The monoisotopic (exact) mass is 217 g/mol. The summed E-state index contributed by atoms with van der Waals surface area (Å²) < 4.78 is 2.35. The number of rotatable bonds is 3. The van der Waals surface area contributed by atoms with Crippen LogP contribution in [-0.2, 0) is 6.54 Å². The topological polar surface area (TPSA) is 7.12 Å². The summed E-state index contributed by atoms with van der Waals surface area (Å²) in [6, 6.07) is 4.56. The highest BCUT2D eigenvalue weighted by atomic mass is 15.1. The zero-order valence-electron chi connectivity index (χ0n) is 9.94. The molecule has 2 fully saturated rings. The van der Waals surface area contributed by atoms with Crippen molar-refractivity contribution in [3.63, 3.8) is 0 Å². The Hall–Kier alpha value is -1.05. The van der Waals surface area contributed by atoms with Crippen molar-refractivity contribution in [3.8, 4) is 0 Å². The van der Waals surface area contributed by atoms with Gasteiger partial charge in [0.2, 0.25) is 0 Å². The van der Waals surface area contributed by atoms with Crippen LogP contribution in [0.25, 0.3) is 0 Å². The van der Waals surface area contributed by atoms with Gasteiger partial charge in [-0.1, -0.05) is 6.42 Å². The van der Waals surface area contributed by atoms with Crippen molar-refractivity contribution in [2.75, 3.05) is 18.0 Å². The van der Waals surface area contributed by atoms with Gasteiger partial charge in [0.15, 0.2) is 18.9 Å². The third kappa shape index (κ3) is 2.06. The fraction of sp³-hybridized carbons (Fsp3) is 0.643. The van der Waals surface area contributed by atoms with E-state index in [0.29, 0.717) is 0 Å². The van der Waals surface area contributed by atoms with Gasteiger partial charge in [0.25, 0.3) is 0 Å². The Morgan fingerprint density at radius 1 is 1.06 bits per heavy atom. The summed E-state index contributed by atoms with van der Waals surface area (Å²) >= 11 is 0. The zero-order valence-corrected chi connectivity index (χ0v) is 9.94. The van der Waals surface area contributed by atoms with Gasteiger partial charge in [-0.15, -0.1) is 0 Å². The molecule has 2 aliphatic rings. The van der Waals surface area contributed by atoms with Crippen LogP contribution in [0.2, 0.25) is 0 Å². The van der Waals surface area contributed by atoms with E-state index in [2.05, 4.69) is 34.0 Å². The summed E-state index contributed by atoms with van der Waals surface area (Å²) in [7, 11) is 0. The van der Waals surface area contributed by atoms with Gasteiger partial charge >= 0.3 is 0 Å². The van der Waals surface area contributed by atoms with Crippen LogP contribution < -0.4 is 9.47 Å². The van der Waals surface area contributed by atoms with E-state index in [-0.39, 0.29) is 0 Å². The van der Waals surface area contributed by atoms with E-state index in [1.165, 1.54) is 57.4 Å². The average Bonchev–Trinajstić information content (AvgIpc) is 2.78. The lowest BCUT2D eigenvalue weighted by molar-refractivity contribution is -0.704. The van der Waals surface area contributed by atoms with E-state index in [0.717, 1.165) is 5.92 Å². The predicted molar refractivity (Wildman–Crippen MR) is 65.4 cm³/mol. The second-order valence-electron chi connectivity index (χ2n) is 5.24. The van der Waals surface area contributed by atoms with Gasteiger partial charge in [0, 0.05) is 36.8 Å². The fourth-order valence-electron chi connectivity index (χ4n) is 2.73. The maximum atomic E-state index is 2.49. The lowest BCUT2D eigenvalue weighted by Crippen LogP contribution is -2.39. The molecule has 2 heterocycles. The van der Waals surface area contributed by atoms with Crippen LogP contribution in [0.15, 0.2) is 24.5 Å². The summed E-state index contributed by atoms with van der Waals surface area (Å²) in [5.41, 5.74) is 1.40. The zero-order chi connectivity index (χ0) is 10.8. The van der Waals surface area contributed by atoms with E-state index in [1.54, 1.807) is 0 Å². The number of nitrogens with zero attached hydrogens (tertiary/aromatic N) is 2. The number of hydrogen-bond donors (Lipinski definition) is 0. The van der Waals surface area contributed by atoms with Crippen molar-refractivity contribution in [2.24, 2.45) is 5.92 Å².